The molecule has 0 bridgehead atoms. The van der Waals surface area contributed by atoms with Crippen molar-refractivity contribution in [2.45, 2.75) is 25.9 Å². The molecule has 2 unspecified atom stereocenters. The van der Waals surface area contributed by atoms with Gasteiger partial charge in [-0.05, 0) is 32.0 Å². The largest absolute Gasteiger partial charge is 0.363 e. The molecule has 6 heteroatoms. The number of aromatic nitrogens is 2. The molecular formula is C17H20N4O2. The Hall–Kier alpha value is -2.63. The van der Waals surface area contributed by atoms with E-state index in [9.17, 15) is 9.59 Å². The van der Waals surface area contributed by atoms with Crippen LogP contribution in [0.15, 0.2) is 47.3 Å². The molecule has 23 heavy (non-hydrogen) atoms. The van der Waals surface area contributed by atoms with Crippen molar-refractivity contribution < 1.29 is 4.79 Å². The number of aromatic amines is 1. The number of piperazine rings is 1. The number of H-pyrrole nitrogens is 1. The summed E-state index contributed by atoms with van der Waals surface area (Å²) in [7, 11) is 0. The van der Waals surface area contributed by atoms with Crippen molar-refractivity contribution in [3.63, 3.8) is 0 Å². The summed E-state index contributed by atoms with van der Waals surface area (Å²) >= 11 is 0. The molecule has 2 atom stereocenters. The number of nitrogens with zero attached hydrogens (tertiary/aromatic N) is 3. The average molecular weight is 312 g/mol. The molecule has 0 aliphatic carbocycles. The summed E-state index contributed by atoms with van der Waals surface area (Å²) in [5.74, 6) is -0.146. The van der Waals surface area contributed by atoms with E-state index in [1.165, 1.54) is 17.8 Å². The lowest BCUT2D eigenvalue weighted by molar-refractivity contribution is 0.0693. The Morgan fingerprint density at radius 1 is 1.09 bits per heavy atom. The van der Waals surface area contributed by atoms with Crippen LogP contribution in [-0.2, 0) is 0 Å². The number of rotatable bonds is 2. The maximum absolute atomic E-state index is 12.6. The molecule has 1 aromatic heterocycles. The molecule has 1 aromatic carbocycles. The monoisotopic (exact) mass is 312 g/mol. The molecule has 0 saturated carbocycles. The summed E-state index contributed by atoms with van der Waals surface area (Å²) in [6.45, 7) is 5.48. The summed E-state index contributed by atoms with van der Waals surface area (Å²) in [6, 6.07) is 13.4. The van der Waals surface area contributed by atoms with Gasteiger partial charge in [0, 0.05) is 36.9 Å². The molecule has 2 aromatic rings. The molecule has 0 radical (unpaired) electrons. The Balaban J connectivity index is 1.77. The lowest BCUT2D eigenvalue weighted by Crippen LogP contribution is -2.58. The van der Waals surface area contributed by atoms with E-state index in [1.807, 2.05) is 18.2 Å². The first kappa shape index (κ1) is 15.3. The number of nitrogens with one attached hydrogen (secondary N) is 1. The Bertz CT molecular complexity index is 711. The fraction of sp³-hybridized carbons (Fsp3) is 0.353. The van der Waals surface area contributed by atoms with Crippen LogP contribution >= 0.6 is 0 Å². The summed E-state index contributed by atoms with van der Waals surface area (Å²) < 4.78 is 0. The van der Waals surface area contributed by atoms with Crippen molar-refractivity contribution in [1.82, 2.24) is 15.1 Å². The number of benzene rings is 1. The van der Waals surface area contributed by atoms with E-state index < -0.39 is 0 Å². The quantitative estimate of drug-likeness (QED) is 0.912. The second-order valence-electron chi connectivity index (χ2n) is 5.96. The predicted octanol–water partition coefficient (Wildman–Crippen LogP) is 1.51. The van der Waals surface area contributed by atoms with Gasteiger partial charge >= 0.3 is 0 Å². The Morgan fingerprint density at radius 3 is 2.30 bits per heavy atom. The average Bonchev–Trinajstić information content (AvgIpc) is 2.55. The Kier molecular flexibility index (Phi) is 4.14. The highest BCUT2D eigenvalue weighted by molar-refractivity contribution is 5.92. The Morgan fingerprint density at radius 2 is 1.74 bits per heavy atom. The number of para-hydroxylation sites is 1. The van der Waals surface area contributed by atoms with Gasteiger partial charge in [-0.1, -0.05) is 18.2 Å². The van der Waals surface area contributed by atoms with Crippen LogP contribution in [0.5, 0.6) is 0 Å². The van der Waals surface area contributed by atoms with Gasteiger partial charge in [-0.3, -0.25) is 9.59 Å². The van der Waals surface area contributed by atoms with Gasteiger partial charge in [0.1, 0.15) is 5.69 Å². The van der Waals surface area contributed by atoms with Gasteiger partial charge < -0.3 is 9.80 Å². The third-order valence-electron chi connectivity index (χ3n) is 4.16. The molecule has 120 valence electrons. The van der Waals surface area contributed by atoms with Crippen molar-refractivity contribution in [3.05, 3.63) is 58.5 Å². The van der Waals surface area contributed by atoms with Gasteiger partial charge in [-0.15, -0.1) is 0 Å². The van der Waals surface area contributed by atoms with Gasteiger partial charge in [0.05, 0.1) is 0 Å². The van der Waals surface area contributed by atoms with E-state index in [-0.39, 0.29) is 29.2 Å². The predicted molar refractivity (Wildman–Crippen MR) is 88.6 cm³/mol. The molecule has 0 spiro atoms. The maximum Gasteiger partial charge on any atom is 0.274 e. The van der Waals surface area contributed by atoms with Crippen LogP contribution in [0.3, 0.4) is 0 Å². The van der Waals surface area contributed by atoms with E-state index in [0.29, 0.717) is 13.1 Å². The molecule has 1 saturated heterocycles. The molecule has 6 nitrogen and oxygen atoms in total. The molecule has 1 amide bonds. The zero-order valence-corrected chi connectivity index (χ0v) is 13.3. The van der Waals surface area contributed by atoms with Crippen molar-refractivity contribution in [3.8, 4) is 0 Å². The van der Waals surface area contributed by atoms with Crippen LogP contribution in [0, 0.1) is 0 Å². The number of carbonyl (C=O) groups excluding carboxylic acids is 1. The minimum atomic E-state index is -0.308. The summed E-state index contributed by atoms with van der Waals surface area (Å²) in [5, 5.41) is 6.15. The summed E-state index contributed by atoms with van der Waals surface area (Å²) in [5.41, 5.74) is 1.14. The third kappa shape index (κ3) is 3.11. The van der Waals surface area contributed by atoms with Crippen LogP contribution in [0.4, 0.5) is 5.69 Å². The first-order valence-electron chi connectivity index (χ1n) is 7.74. The van der Waals surface area contributed by atoms with E-state index in [4.69, 9.17) is 0 Å². The fourth-order valence-corrected chi connectivity index (χ4v) is 3.22. The molecule has 1 aliphatic rings. The fourth-order valence-electron chi connectivity index (χ4n) is 3.22. The van der Waals surface area contributed by atoms with Gasteiger partial charge in [0.15, 0.2) is 0 Å². The van der Waals surface area contributed by atoms with Crippen molar-refractivity contribution >= 4 is 11.6 Å². The van der Waals surface area contributed by atoms with Gasteiger partial charge in [0.25, 0.3) is 11.5 Å². The molecule has 1 N–H and O–H groups in total. The third-order valence-corrected chi connectivity index (χ3v) is 4.16. The number of hydrogen-bond acceptors (Lipinski definition) is 4. The minimum Gasteiger partial charge on any atom is -0.363 e. The van der Waals surface area contributed by atoms with Crippen LogP contribution in [0.2, 0.25) is 0 Å². The zero-order chi connectivity index (χ0) is 16.4. The molecule has 1 aliphatic heterocycles. The zero-order valence-electron chi connectivity index (χ0n) is 13.3. The van der Waals surface area contributed by atoms with Gasteiger partial charge in [0.2, 0.25) is 0 Å². The van der Waals surface area contributed by atoms with Crippen LogP contribution in [0.25, 0.3) is 0 Å². The number of hydrogen-bond donors (Lipinski definition) is 1. The van der Waals surface area contributed by atoms with Crippen molar-refractivity contribution in [2.75, 3.05) is 18.0 Å². The topological polar surface area (TPSA) is 69.3 Å². The number of carbonyl (C=O) groups is 1. The maximum atomic E-state index is 12.6. The second-order valence-corrected chi connectivity index (χ2v) is 5.96. The Labute approximate surface area is 134 Å². The summed E-state index contributed by atoms with van der Waals surface area (Å²) in [4.78, 5) is 27.8. The summed E-state index contributed by atoms with van der Waals surface area (Å²) in [6.07, 6.45) is 0. The van der Waals surface area contributed by atoms with Gasteiger partial charge in [-0.2, -0.15) is 5.10 Å². The van der Waals surface area contributed by atoms with Crippen LogP contribution < -0.4 is 10.5 Å². The number of amides is 1. The standard InChI is InChI=1S/C17H20N4O2/c1-12-10-20(17(23)15-8-9-16(22)19-18-15)11-13(2)21(12)14-6-4-3-5-7-14/h3-9,12-13H,10-11H2,1-2H3,(H,19,22). The molecule has 1 fully saturated rings. The highest BCUT2D eigenvalue weighted by Crippen LogP contribution is 2.24. The number of anilines is 1. The van der Waals surface area contributed by atoms with Gasteiger partial charge in [-0.25, -0.2) is 5.10 Å². The van der Waals surface area contributed by atoms with E-state index >= 15 is 0 Å². The molecule has 2 heterocycles. The van der Waals surface area contributed by atoms with Crippen molar-refractivity contribution in [1.29, 1.82) is 0 Å². The normalized spacial score (nSPS) is 21.3. The van der Waals surface area contributed by atoms with Crippen molar-refractivity contribution in [2.24, 2.45) is 0 Å². The smallest absolute Gasteiger partial charge is 0.274 e. The first-order valence-corrected chi connectivity index (χ1v) is 7.74. The highest BCUT2D eigenvalue weighted by atomic mass is 16.2. The lowest BCUT2D eigenvalue weighted by Gasteiger charge is -2.45. The molecular weight excluding hydrogens is 292 g/mol. The van der Waals surface area contributed by atoms with Crippen LogP contribution in [-0.4, -0.2) is 46.2 Å². The lowest BCUT2D eigenvalue weighted by atomic mass is 10.1. The SMILES string of the molecule is CC1CN(C(=O)c2ccc(=O)[nH]n2)CC(C)N1c1ccccc1. The molecule has 3 rings (SSSR count). The van der Waals surface area contributed by atoms with E-state index in [1.54, 1.807) is 4.90 Å². The van der Waals surface area contributed by atoms with E-state index in [0.717, 1.165) is 0 Å². The second kappa shape index (κ2) is 6.24. The minimum absolute atomic E-state index is 0.146. The van der Waals surface area contributed by atoms with E-state index in [2.05, 4.69) is 41.1 Å². The first-order chi connectivity index (χ1) is 11.1. The van der Waals surface area contributed by atoms with Crippen LogP contribution in [0.1, 0.15) is 24.3 Å². The highest BCUT2D eigenvalue weighted by Gasteiger charge is 2.32.